The minimum absolute atomic E-state index is 0.224. The number of hydrogen-bond donors (Lipinski definition) is 2. The first-order valence-corrected chi connectivity index (χ1v) is 8.94. The van der Waals surface area contributed by atoms with E-state index in [1.54, 1.807) is 22.9 Å². The van der Waals surface area contributed by atoms with E-state index < -0.39 is 0 Å². The van der Waals surface area contributed by atoms with Gasteiger partial charge in [-0.15, -0.1) is 10.2 Å². The molecular weight excluding hydrogens is 366 g/mol. The minimum Gasteiger partial charge on any atom is -0.338 e. The van der Waals surface area contributed by atoms with E-state index >= 15 is 0 Å². The molecule has 0 aliphatic heterocycles. The van der Waals surface area contributed by atoms with Crippen molar-refractivity contribution in [3.8, 4) is 17.2 Å². The maximum Gasteiger partial charge on any atom is 0.255 e. The number of benzene rings is 2. The molecule has 0 bridgehead atoms. The molecule has 5 aromatic rings. The Morgan fingerprint density at radius 2 is 1.76 bits per heavy atom. The summed E-state index contributed by atoms with van der Waals surface area (Å²) in [5, 5.41) is 10.4. The molecule has 0 saturated carbocycles. The number of carbonyl (C=O) groups is 1. The largest absolute Gasteiger partial charge is 0.338 e. The van der Waals surface area contributed by atoms with Crippen molar-refractivity contribution in [2.24, 2.45) is 0 Å². The summed E-state index contributed by atoms with van der Waals surface area (Å²) in [5.41, 5.74) is 4.03. The molecule has 3 aromatic heterocycles. The number of anilines is 1. The summed E-state index contributed by atoms with van der Waals surface area (Å²) >= 11 is 0. The zero-order chi connectivity index (χ0) is 19.6. The van der Waals surface area contributed by atoms with Crippen LogP contribution in [0.25, 0.3) is 28.2 Å². The summed E-state index contributed by atoms with van der Waals surface area (Å²) in [4.78, 5) is 24.7. The first-order chi connectivity index (χ1) is 14.3. The summed E-state index contributed by atoms with van der Waals surface area (Å²) in [5.74, 6) is 1.14. The van der Waals surface area contributed by atoms with E-state index in [0.717, 1.165) is 22.4 Å². The van der Waals surface area contributed by atoms with Crippen molar-refractivity contribution in [1.82, 2.24) is 29.7 Å². The molecular formula is C21H15N7O. The molecule has 0 radical (unpaired) electrons. The van der Waals surface area contributed by atoms with Crippen molar-refractivity contribution in [2.75, 3.05) is 5.32 Å². The third-order valence-electron chi connectivity index (χ3n) is 4.50. The highest BCUT2D eigenvalue weighted by molar-refractivity contribution is 6.04. The smallest absolute Gasteiger partial charge is 0.255 e. The molecule has 5 rings (SSSR count). The van der Waals surface area contributed by atoms with Crippen LogP contribution in [0.1, 0.15) is 10.4 Å². The summed E-state index contributed by atoms with van der Waals surface area (Å²) in [6, 6.07) is 18.8. The Hall–Kier alpha value is -4.33. The van der Waals surface area contributed by atoms with Gasteiger partial charge in [0.05, 0.1) is 11.0 Å². The van der Waals surface area contributed by atoms with Crippen LogP contribution in [-0.4, -0.2) is 35.6 Å². The number of carbonyl (C=O) groups excluding carboxylic acids is 1. The minimum atomic E-state index is -0.224. The number of H-pyrrole nitrogens is 1. The highest BCUT2D eigenvalue weighted by Crippen LogP contribution is 2.22. The average molecular weight is 381 g/mol. The summed E-state index contributed by atoms with van der Waals surface area (Å²) in [7, 11) is 0. The van der Waals surface area contributed by atoms with Crippen LogP contribution in [0.5, 0.6) is 0 Å². The lowest BCUT2D eigenvalue weighted by atomic mass is 10.2. The molecule has 8 nitrogen and oxygen atoms in total. The van der Waals surface area contributed by atoms with E-state index in [1.807, 2.05) is 48.5 Å². The van der Waals surface area contributed by atoms with Gasteiger partial charge in [0.15, 0.2) is 0 Å². The Morgan fingerprint density at radius 1 is 0.966 bits per heavy atom. The van der Waals surface area contributed by atoms with Gasteiger partial charge in [-0.25, -0.2) is 9.97 Å². The third-order valence-corrected chi connectivity index (χ3v) is 4.50. The number of hydrogen-bond acceptors (Lipinski definition) is 5. The standard InChI is InChI=1S/C21H15N7O/c29-21(15-9-10-22-19(11-15)28-12-23-24-13-28)25-16-7-5-14(6-8-16)20-26-17-3-1-2-4-18(17)27-20/h1-13H,(H,25,29)(H,26,27). The van der Waals surface area contributed by atoms with Crippen LogP contribution >= 0.6 is 0 Å². The number of nitrogens with one attached hydrogen (secondary N) is 2. The van der Waals surface area contributed by atoms with Crippen molar-refractivity contribution < 1.29 is 4.79 Å². The summed E-state index contributed by atoms with van der Waals surface area (Å²) < 4.78 is 1.64. The Morgan fingerprint density at radius 3 is 2.55 bits per heavy atom. The molecule has 0 aliphatic carbocycles. The Labute approximate surface area is 165 Å². The quantitative estimate of drug-likeness (QED) is 0.496. The number of fused-ring (bicyclic) bond motifs is 1. The molecule has 0 fully saturated rings. The highest BCUT2D eigenvalue weighted by atomic mass is 16.1. The van der Waals surface area contributed by atoms with E-state index in [-0.39, 0.29) is 5.91 Å². The van der Waals surface area contributed by atoms with Gasteiger partial charge in [-0.3, -0.25) is 9.36 Å². The second-order valence-corrected chi connectivity index (χ2v) is 6.41. The van der Waals surface area contributed by atoms with Gasteiger partial charge < -0.3 is 10.3 Å². The normalized spacial score (nSPS) is 10.9. The van der Waals surface area contributed by atoms with E-state index in [9.17, 15) is 4.79 Å². The predicted octanol–water partition coefficient (Wildman–Crippen LogP) is 3.46. The summed E-state index contributed by atoms with van der Waals surface area (Å²) in [6.07, 6.45) is 4.64. The number of aromatic nitrogens is 6. The number of pyridine rings is 1. The molecule has 0 atom stereocenters. The maximum absolute atomic E-state index is 12.6. The second kappa shape index (κ2) is 7.01. The molecule has 0 spiro atoms. The molecule has 29 heavy (non-hydrogen) atoms. The molecule has 0 aliphatic rings. The maximum atomic E-state index is 12.6. The van der Waals surface area contributed by atoms with Gasteiger partial charge in [-0.1, -0.05) is 12.1 Å². The molecule has 3 heterocycles. The number of para-hydroxylation sites is 2. The lowest BCUT2D eigenvalue weighted by Gasteiger charge is -2.07. The number of imidazole rings is 1. The van der Waals surface area contributed by atoms with E-state index in [4.69, 9.17) is 0 Å². The molecule has 2 aromatic carbocycles. The summed E-state index contributed by atoms with van der Waals surface area (Å²) in [6.45, 7) is 0. The van der Waals surface area contributed by atoms with Gasteiger partial charge >= 0.3 is 0 Å². The average Bonchev–Trinajstić information content (AvgIpc) is 3.44. The Kier molecular flexibility index (Phi) is 4.06. The van der Waals surface area contributed by atoms with Crippen molar-refractivity contribution in [1.29, 1.82) is 0 Å². The van der Waals surface area contributed by atoms with Crippen molar-refractivity contribution in [3.05, 3.63) is 85.1 Å². The number of amides is 1. The SMILES string of the molecule is O=C(Nc1ccc(-c2nc3ccccc3[nH]2)cc1)c1ccnc(-n2cnnc2)c1. The van der Waals surface area contributed by atoms with Crippen LogP contribution in [0.15, 0.2) is 79.5 Å². The molecule has 140 valence electrons. The zero-order valence-electron chi connectivity index (χ0n) is 15.1. The van der Waals surface area contributed by atoms with Gasteiger partial charge in [0, 0.05) is 23.0 Å². The fourth-order valence-corrected chi connectivity index (χ4v) is 3.02. The molecule has 8 heteroatoms. The van der Waals surface area contributed by atoms with Crippen LogP contribution < -0.4 is 5.32 Å². The van der Waals surface area contributed by atoms with Crippen LogP contribution in [0.4, 0.5) is 5.69 Å². The number of aromatic amines is 1. The fourth-order valence-electron chi connectivity index (χ4n) is 3.02. The monoisotopic (exact) mass is 381 g/mol. The van der Waals surface area contributed by atoms with E-state index in [1.165, 1.54) is 12.7 Å². The van der Waals surface area contributed by atoms with E-state index in [2.05, 4.69) is 30.5 Å². The van der Waals surface area contributed by atoms with Crippen molar-refractivity contribution >= 4 is 22.6 Å². The van der Waals surface area contributed by atoms with Crippen LogP contribution in [0, 0.1) is 0 Å². The lowest BCUT2D eigenvalue weighted by Crippen LogP contribution is -2.12. The number of nitrogens with zero attached hydrogens (tertiary/aromatic N) is 5. The number of rotatable bonds is 4. The topological polar surface area (TPSA) is 101 Å². The van der Waals surface area contributed by atoms with Crippen LogP contribution in [0.3, 0.4) is 0 Å². The Balaban J connectivity index is 1.34. The molecule has 2 N–H and O–H groups in total. The van der Waals surface area contributed by atoms with Gasteiger partial charge in [0.2, 0.25) is 0 Å². The van der Waals surface area contributed by atoms with E-state index in [0.29, 0.717) is 17.1 Å². The van der Waals surface area contributed by atoms with Crippen molar-refractivity contribution in [2.45, 2.75) is 0 Å². The van der Waals surface area contributed by atoms with Gasteiger partial charge in [0.25, 0.3) is 5.91 Å². The molecule has 1 amide bonds. The molecule has 0 saturated heterocycles. The predicted molar refractivity (Wildman–Crippen MR) is 109 cm³/mol. The second-order valence-electron chi connectivity index (χ2n) is 6.41. The lowest BCUT2D eigenvalue weighted by molar-refractivity contribution is 0.102. The third kappa shape index (κ3) is 3.34. The highest BCUT2D eigenvalue weighted by Gasteiger charge is 2.10. The van der Waals surface area contributed by atoms with Gasteiger partial charge in [0.1, 0.15) is 24.3 Å². The first-order valence-electron chi connectivity index (χ1n) is 8.94. The fraction of sp³-hybridized carbons (Fsp3) is 0. The first kappa shape index (κ1) is 16.8. The Bertz CT molecular complexity index is 1260. The van der Waals surface area contributed by atoms with Crippen LogP contribution in [-0.2, 0) is 0 Å². The molecule has 0 unspecified atom stereocenters. The van der Waals surface area contributed by atoms with Gasteiger partial charge in [-0.2, -0.15) is 0 Å². The van der Waals surface area contributed by atoms with Crippen LogP contribution in [0.2, 0.25) is 0 Å². The van der Waals surface area contributed by atoms with Crippen molar-refractivity contribution in [3.63, 3.8) is 0 Å². The van der Waals surface area contributed by atoms with Gasteiger partial charge in [-0.05, 0) is 48.5 Å². The zero-order valence-corrected chi connectivity index (χ0v) is 15.1.